The second-order valence-electron chi connectivity index (χ2n) is 16.2. The number of piperidine rings is 2. The number of aromatic nitrogens is 1. The van der Waals surface area contributed by atoms with Gasteiger partial charge in [-0.25, -0.2) is 9.78 Å². The Morgan fingerprint density at radius 1 is 0.825 bits per heavy atom. The van der Waals surface area contributed by atoms with Crippen molar-refractivity contribution >= 4 is 47.3 Å². The fourth-order valence-corrected chi connectivity index (χ4v) is 8.70. The number of amides is 7. The minimum Gasteiger partial charge on any atom is -0.505 e. The van der Waals surface area contributed by atoms with Crippen molar-refractivity contribution in [1.82, 2.24) is 30.7 Å². The number of benzene rings is 3. The number of pyridine rings is 1. The van der Waals surface area contributed by atoms with Crippen LogP contribution in [0.2, 0.25) is 0 Å². The highest BCUT2D eigenvalue weighted by atomic mass is 16.5. The van der Waals surface area contributed by atoms with Gasteiger partial charge in [0, 0.05) is 62.1 Å². The predicted octanol–water partition coefficient (Wildman–Crippen LogP) is 3.18. The van der Waals surface area contributed by atoms with Crippen LogP contribution in [0.25, 0.3) is 11.1 Å². The molecule has 7 amide bonds. The van der Waals surface area contributed by atoms with Gasteiger partial charge in [0.15, 0.2) is 11.4 Å². The molecule has 3 aromatic carbocycles. The Morgan fingerprint density at radius 3 is 2.22 bits per heavy atom. The third kappa shape index (κ3) is 8.45. The van der Waals surface area contributed by atoms with Crippen LogP contribution >= 0.6 is 0 Å². The second-order valence-corrected chi connectivity index (χ2v) is 16.2. The number of carbonyl (C=O) groups is 8. The summed E-state index contributed by atoms with van der Waals surface area (Å²) in [5, 5.41) is 29.1. The van der Waals surface area contributed by atoms with Crippen LogP contribution in [0.4, 0.5) is 0 Å². The molecule has 0 radical (unpaired) electrons. The Labute approximate surface area is 360 Å². The average molecular weight is 857 g/mol. The van der Waals surface area contributed by atoms with E-state index in [1.165, 1.54) is 18.3 Å². The summed E-state index contributed by atoms with van der Waals surface area (Å²) in [5.41, 5.74) is 1.09. The standard InChI is InChI=1S/C46H44N6O11/c53-35-16-15-33(41(57)49-35)52-43(59)32-8-5-9-34(37(32)44(52)60)63-23-4-3-10-36(54)51-21-18-30(19-22-51)48-40(56)27-13-11-26(12-14-27)31-17-20-47-38(39(31)55)42(58)50-46(45(61)62)24-28-6-1-2-7-29(28)25-46/h1-2,5-9,11-14,17,20,30,33,55H,3-4,10,15-16,18-19,21-25H2,(H,48,56)(H,50,58)(H,61,62)(H,49,53,57). The third-order valence-electron chi connectivity index (χ3n) is 12.1. The van der Waals surface area contributed by atoms with E-state index in [9.17, 15) is 48.6 Å². The van der Waals surface area contributed by atoms with Crippen LogP contribution in [0.1, 0.15) is 97.6 Å². The number of fused-ring (bicyclic) bond motifs is 2. The lowest BCUT2D eigenvalue weighted by Gasteiger charge is -2.32. The molecule has 0 spiro atoms. The zero-order valence-corrected chi connectivity index (χ0v) is 34.1. The number of carboxylic acid groups (broad SMARTS) is 1. The Balaban J connectivity index is 0.778. The molecule has 1 unspecified atom stereocenters. The molecule has 17 nitrogen and oxygen atoms in total. The van der Waals surface area contributed by atoms with E-state index >= 15 is 0 Å². The highest BCUT2D eigenvalue weighted by Gasteiger charge is 2.47. The summed E-state index contributed by atoms with van der Waals surface area (Å²) < 4.78 is 5.88. The minimum atomic E-state index is -1.58. The number of hydrogen-bond acceptors (Lipinski definition) is 11. The first-order chi connectivity index (χ1) is 30.3. The summed E-state index contributed by atoms with van der Waals surface area (Å²) in [5.74, 6) is -4.98. The number of nitrogens with zero attached hydrogens (tertiary/aromatic N) is 3. The highest BCUT2D eigenvalue weighted by Crippen LogP contribution is 2.36. The quantitative estimate of drug-likeness (QED) is 0.0963. The first-order valence-electron chi connectivity index (χ1n) is 20.8. The number of ether oxygens (including phenoxy) is 1. The van der Waals surface area contributed by atoms with E-state index in [0.29, 0.717) is 49.9 Å². The van der Waals surface area contributed by atoms with Crippen LogP contribution in [0.5, 0.6) is 11.5 Å². The fraction of sp³-hybridized carbons (Fsp3) is 0.326. The van der Waals surface area contributed by atoms with Crippen LogP contribution in [0.15, 0.2) is 79.0 Å². The monoisotopic (exact) mass is 856 g/mol. The lowest BCUT2D eigenvalue weighted by molar-refractivity contribution is -0.144. The van der Waals surface area contributed by atoms with Crippen molar-refractivity contribution in [2.45, 2.75) is 75.4 Å². The largest absolute Gasteiger partial charge is 0.505 e. The molecule has 5 N–H and O–H groups in total. The first kappa shape index (κ1) is 42.3. The lowest BCUT2D eigenvalue weighted by Crippen LogP contribution is -2.55. The summed E-state index contributed by atoms with van der Waals surface area (Å²) in [4.78, 5) is 109. The Morgan fingerprint density at radius 2 is 1.54 bits per heavy atom. The molecule has 2 saturated heterocycles. The van der Waals surface area contributed by atoms with Gasteiger partial charge in [0.25, 0.3) is 23.6 Å². The van der Waals surface area contributed by atoms with E-state index in [2.05, 4.69) is 20.9 Å². The van der Waals surface area contributed by atoms with Crippen LogP contribution in [0.3, 0.4) is 0 Å². The normalized spacial score (nSPS) is 18.1. The van der Waals surface area contributed by atoms with Crippen molar-refractivity contribution in [3.63, 3.8) is 0 Å². The molecule has 4 heterocycles. The molecule has 2 fully saturated rings. The van der Waals surface area contributed by atoms with Crippen LogP contribution < -0.4 is 20.7 Å². The summed E-state index contributed by atoms with van der Waals surface area (Å²) in [6, 6.07) is 18.7. The Bertz CT molecular complexity index is 2520. The van der Waals surface area contributed by atoms with Crippen molar-refractivity contribution in [1.29, 1.82) is 0 Å². The molecule has 1 aromatic heterocycles. The molecule has 3 aliphatic heterocycles. The van der Waals surface area contributed by atoms with Gasteiger partial charge in [-0.05, 0) is 79.1 Å². The van der Waals surface area contributed by atoms with Crippen LogP contribution in [-0.4, -0.2) is 110 Å². The van der Waals surface area contributed by atoms with Gasteiger partial charge >= 0.3 is 5.97 Å². The van der Waals surface area contributed by atoms with Gasteiger partial charge in [-0.2, -0.15) is 0 Å². The molecule has 1 aliphatic carbocycles. The Kier molecular flexibility index (Phi) is 11.7. The SMILES string of the molecule is O=C1CCC(N2C(=O)c3cccc(OCCCCC(=O)N4CCC(NC(=O)c5ccc(-c6ccnc(C(=O)NC7(C(=O)O)Cc8ccccc8C7)c6O)cc5)CC4)c3C2=O)C(=O)N1. The topological polar surface area (TPSA) is 242 Å². The number of carbonyl (C=O) groups excluding carboxylic acids is 7. The van der Waals surface area contributed by atoms with Gasteiger partial charge in [-0.15, -0.1) is 0 Å². The molecular formula is C46H44N6O11. The second kappa shape index (κ2) is 17.5. The van der Waals surface area contributed by atoms with Gasteiger partial charge in [-0.3, -0.25) is 43.8 Å². The number of nitrogens with one attached hydrogen (secondary N) is 3. The molecule has 63 heavy (non-hydrogen) atoms. The van der Waals surface area contributed by atoms with E-state index in [0.717, 1.165) is 16.0 Å². The number of imide groups is 2. The maximum atomic E-state index is 13.4. The van der Waals surface area contributed by atoms with Gasteiger partial charge in [0.05, 0.1) is 17.7 Å². The van der Waals surface area contributed by atoms with Gasteiger partial charge in [0.2, 0.25) is 17.7 Å². The lowest BCUT2D eigenvalue weighted by atomic mass is 9.95. The number of carboxylic acids is 1. The van der Waals surface area contributed by atoms with E-state index < -0.39 is 52.8 Å². The maximum Gasteiger partial charge on any atom is 0.330 e. The molecule has 324 valence electrons. The number of likely N-dealkylation sites (tertiary alicyclic amines) is 1. The molecule has 4 aliphatic rings. The number of aromatic hydroxyl groups is 1. The fourth-order valence-electron chi connectivity index (χ4n) is 8.70. The molecule has 17 heteroatoms. The van der Waals surface area contributed by atoms with Crippen molar-refractivity contribution in [2.75, 3.05) is 19.7 Å². The van der Waals surface area contributed by atoms with Crippen molar-refractivity contribution in [3.8, 4) is 22.6 Å². The maximum absolute atomic E-state index is 13.4. The first-order valence-corrected chi connectivity index (χ1v) is 20.8. The predicted molar refractivity (Wildman–Crippen MR) is 223 cm³/mol. The summed E-state index contributed by atoms with van der Waals surface area (Å²) in [7, 11) is 0. The third-order valence-corrected chi connectivity index (χ3v) is 12.1. The molecule has 1 atom stereocenters. The van der Waals surface area contributed by atoms with Crippen molar-refractivity contribution in [3.05, 3.63) is 113 Å². The van der Waals surface area contributed by atoms with Gasteiger partial charge in [0.1, 0.15) is 17.3 Å². The molecule has 0 bridgehead atoms. The Hall–Kier alpha value is -7.43. The number of hydrogen-bond donors (Lipinski definition) is 5. The van der Waals surface area contributed by atoms with Crippen molar-refractivity contribution in [2.24, 2.45) is 0 Å². The summed E-state index contributed by atoms with van der Waals surface area (Å²) >= 11 is 0. The van der Waals surface area contributed by atoms with Gasteiger partial charge < -0.3 is 30.5 Å². The molecule has 4 aromatic rings. The zero-order chi connectivity index (χ0) is 44.4. The smallest absolute Gasteiger partial charge is 0.330 e. The molecule has 8 rings (SSSR count). The van der Waals surface area contributed by atoms with Gasteiger partial charge in [-0.1, -0.05) is 42.5 Å². The summed E-state index contributed by atoms with van der Waals surface area (Å²) in [6.45, 7) is 1.12. The van der Waals surface area contributed by atoms with E-state index in [4.69, 9.17) is 4.74 Å². The molecular weight excluding hydrogens is 813 g/mol. The van der Waals surface area contributed by atoms with E-state index in [1.807, 2.05) is 24.3 Å². The van der Waals surface area contributed by atoms with Crippen LogP contribution in [0, 0.1) is 0 Å². The van der Waals surface area contributed by atoms with Crippen molar-refractivity contribution < 1.29 is 53.3 Å². The highest BCUT2D eigenvalue weighted by molar-refractivity contribution is 6.24. The number of unbranched alkanes of at least 4 members (excludes halogenated alkanes) is 1. The van der Waals surface area contributed by atoms with E-state index in [1.54, 1.807) is 41.3 Å². The van der Waals surface area contributed by atoms with Crippen LogP contribution in [-0.2, 0) is 32.0 Å². The average Bonchev–Trinajstić information content (AvgIpc) is 3.78. The number of rotatable bonds is 13. The zero-order valence-electron chi connectivity index (χ0n) is 34.1. The molecule has 0 saturated carbocycles. The van der Waals surface area contributed by atoms with E-state index in [-0.39, 0.29) is 84.7 Å². The minimum absolute atomic E-state index is 0.0188. The summed E-state index contributed by atoms with van der Waals surface area (Å²) in [6.07, 6.45) is 4.02. The number of aliphatic carboxylic acids is 1.